The van der Waals surface area contributed by atoms with E-state index in [-0.39, 0.29) is 6.61 Å². The molecule has 1 aromatic rings. The van der Waals surface area contributed by atoms with Crippen LogP contribution in [0.1, 0.15) is 24.5 Å². The first-order valence-corrected chi connectivity index (χ1v) is 5.19. The summed E-state index contributed by atoms with van der Waals surface area (Å²) in [4.78, 5) is 0. The Labute approximate surface area is 89.6 Å². The molecule has 0 saturated heterocycles. The fraction of sp³-hybridized carbons (Fsp3) is 0.500. The van der Waals surface area contributed by atoms with Crippen LogP contribution >= 0.6 is 0 Å². The number of fused-ring (bicyclic) bond motifs is 1. The summed E-state index contributed by atoms with van der Waals surface area (Å²) in [5, 5.41) is 9.94. The van der Waals surface area contributed by atoms with Gasteiger partial charge in [0.25, 0.3) is 0 Å². The number of rotatable bonds is 1. The van der Waals surface area contributed by atoms with E-state index < -0.39 is 5.79 Å². The summed E-state index contributed by atoms with van der Waals surface area (Å²) in [7, 11) is 0. The number of hydrogen-bond acceptors (Lipinski definition) is 3. The molecule has 0 bridgehead atoms. The summed E-state index contributed by atoms with van der Waals surface area (Å²) in [6.07, 6.45) is 0.513. The zero-order chi connectivity index (χ0) is 11.1. The molecule has 0 amide bonds. The van der Waals surface area contributed by atoms with Crippen LogP contribution in [0.4, 0.5) is 0 Å². The number of aryl methyl sites for hydroxylation is 2. The third-order valence-corrected chi connectivity index (χ3v) is 2.87. The van der Waals surface area contributed by atoms with Gasteiger partial charge in [-0.2, -0.15) is 0 Å². The molecule has 3 heteroatoms. The summed E-state index contributed by atoms with van der Waals surface area (Å²) in [5.74, 6) is 0.180. The molecule has 0 fully saturated rings. The lowest BCUT2D eigenvalue weighted by Gasteiger charge is -2.33. The van der Waals surface area contributed by atoms with Crippen molar-refractivity contribution in [3.63, 3.8) is 0 Å². The Balaban J connectivity index is 2.38. The van der Waals surface area contributed by atoms with Crippen molar-refractivity contribution in [2.75, 3.05) is 6.61 Å². The highest BCUT2D eigenvalue weighted by atomic mass is 16.7. The van der Waals surface area contributed by atoms with Crippen LogP contribution < -0.4 is 9.47 Å². The summed E-state index contributed by atoms with van der Waals surface area (Å²) in [5.41, 5.74) is 2.30. The van der Waals surface area contributed by atoms with Gasteiger partial charge in [-0.05, 0) is 37.1 Å². The van der Waals surface area contributed by atoms with Gasteiger partial charge in [-0.1, -0.05) is 6.92 Å². The smallest absolute Gasteiger partial charge is 0.242 e. The van der Waals surface area contributed by atoms with Crippen molar-refractivity contribution in [3.05, 3.63) is 23.3 Å². The number of ether oxygens (including phenoxy) is 2. The average Bonchev–Trinajstić information content (AvgIpc) is 2.21. The van der Waals surface area contributed by atoms with Crippen LogP contribution in [0.5, 0.6) is 11.5 Å². The van der Waals surface area contributed by atoms with Gasteiger partial charge in [-0.3, -0.25) is 0 Å². The minimum absolute atomic E-state index is 0.193. The van der Waals surface area contributed by atoms with Crippen molar-refractivity contribution >= 4 is 0 Å². The topological polar surface area (TPSA) is 38.7 Å². The van der Waals surface area contributed by atoms with E-state index in [4.69, 9.17) is 9.47 Å². The highest BCUT2D eigenvalue weighted by Crippen LogP contribution is 2.37. The van der Waals surface area contributed by atoms with Crippen molar-refractivity contribution < 1.29 is 14.6 Å². The Kier molecular flexibility index (Phi) is 2.35. The second-order valence-electron chi connectivity index (χ2n) is 4.07. The molecule has 0 aromatic heterocycles. The third-order valence-electron chi connectivity index (χ3n) is 2.87. The Morgan fingerprint density at radius 1 is 1.27 bits per heavy atom. The molecule has 1 N–H and O–H groups in total. The number of hydrogen-bond donors (Lipinski definition) is 1. The molecule has 0 aliphatic carbocycles. The van der Waals surface area contributed by atoms with E-state index in [9.17, 15) is 5.11 Å². The normalized spacial score (nSPS) is 24.0. The molecular formula is C12H16O3. The largest absolute Gasteiger partial charge is 0.483 e. The summed E-state index contributed by atoms with van der Waals surface area (Å²) >= 11 is 0. The Morgan fingerprint density at radius 3 is 2.47 bits per heavy atom. The van der Waals surface area contributed by atoms with Crippen LogP contribution in [0.15, 0.2) is 12.1 Å². The van der Waals surface area contributed by atoms with Crippen molar-refractivity contribution in [2.24, 2.45) is 0 Å². The van der Waals surface area contributed by atoms with Gasteiger partial charge in [0.2, 0.25) is 5.79 Å². The number of aliphatic hydroxyl groups is 1. The summed E-state index contributed by atoms with van der Waals surface area (Å²) in [6, 6.07) is 3.85. The number of benzene rings is 1. The van der Waals surface area contributed by atoms with Crippen LogP contribution in [-0.2, 0) is 0 Å². The predicted molar refractivity (Wildman–Crippen MR) is 57.3 cm³/mol. The van der Waals surface area contributed by atoms with Gasteiger partial charge in [0.15, 0.2) is 18.1 Å². The van der Waals surface area contributed by atoms with Gasteiger partial charge >= 0.3 is 0 Å². The highest BCUT2D eigenvalue weighted by molar-refractivity contribution is 5.47. The van der Waals surface area contributed by atoms with E-state index in [1.165, 1.54) is 5.56 Å². The molecule has 0 spiro atoms. The highest BCUT2D eigenvalue weighted by Gasteiger charge is 2.33. The van der Waals surface area contributed by atoms with E-state index in [1.807, 2.05) is 32.9 Å². The van der Waals surface area contributed by atoms with Gasteiger partial charge in [0.05, 0.1) is 0 Å². The van der Waals surface area contributed by atoms with Crippen LogP contribution in [0.2, 0.25) is 0 Å². The lowest BCUT2D eigenvalue weighted by Crippen LogP contribution is -2.44. The lowest BCUT2D eigenvalue weighted by molar-refractivity contribution is -0.175. The first kappa shape index (κ1) is 10.3. The molecule has 0 radical (unpaired) electrons. The molecule has 1 unspecified atom stereocenters. The van der Waals surface area contributed by atoms with E-state index in [2.05, 4.69) is 0 Å². The Hall–Kier alpha value is -1.22. The monoisotopic (exact) mass is 208 g/mol. The van der Waals surface area contributed by atoms with Crippen molar-refractivity contribution in [3.8, 4) is 11.5 Å². The molecule has 1 aliphatic heterocycles. The molecular weight excluding hydrogens is 192 g/mol. The van der Waals surface area contributed by atoms with Crippen LogP contribution in [0, 0.1) is 13.8 Å². The fourth-order valence-electron chi connectivity index (χ4n) is 1.55. The molecule has 1 aromatic carbocycles. The van der Waals surface area contributed by atoms with Gasteiger partial charge in [0, 0.05) is 6.42 Å². The zero-order valence-electron chi connectivity index (χ0n) is 9.33. The Bertz CT molecular complexity index is 387. The molecule has 3 nitrogen and oxygen atoms in total. The maximum Gasteiger partial charge on any atom is 0.242 e. The van der Waals surface area contributed by atoms with Gasteiger partial charge in [0.1, 0.15) is 0 Å². The van der Waals surface area contributed by atoms with Crippen LogP contribution in [0.3, 0.4) is 0 Å². The maximum absolute atomic E-state index is 9.94. The molecule has 0 saturated carbocycles. The minimum Gasteiger partial charge on any atom is -0.483 e. The first-order chi connectivity index (χ1) is 7.04. The molecule has 2 rings (SSSR count). The van der Waals surface area contributed by atoms with Gasteiger partial charge in [-0.15, -0.1) is 0 Å². The van der Waals surface area contributed by atoms with E-state index in [1.54, 1.807) is 0 Å². The zero-order valence-corrected chi connectivity index (χ0v) is 9.33. The summed E-state index contributed by atoms with van der Waals surface area (Å²) in [6.45, 7) is 6.10. The molecule has 1 atom stereocenters. The van der Waals surface area contributed by atoms with Gasteiger partial charge < -0.3 is 14.6 Å². The molecule has 1 heterocycles. The second-order valence-corrected chi connectivity index (χ2v) is 4.07. The molecule has 1 aliphatic rings. The first-order valence-electron chi connectivity index (χ1n) is 5.19. The quantitative estimate of drug-likeness (QED) is 0.768. The molecule has 15 heavy (non-hydrogen) atoms. The van der Waals surface area contributed by atoms with Crippen LogP contribution in [0.25, 0.3) is 0 Å². The predicted octanol–water partition coefficient (Wildman–Crippen LogP) is 2.17. The van der Waals surface area contributed by atoms with Crippen molar-refractivity contribution in [2.45, 2.75) is 33.0 Å². The summed E-state index contributed by atoms with van der Waals surface area (Å²) < 4.78 is 11.0. The van der Waals surface area contributed by atoms with E-state index in [0.29, 0.717) is 12.2 Å². The van der Waals surface area contributed by atoms with E-state index in [0.717, 1.165) is 11.3 Å². The third kappa shape index (κ3) is 1.79. The molecule has 82 valence electrons. The van der Waals surface area contributed by atoms with Gasteiger partial charge in [-0.25, -0.2) is 0 Å². The minimum atomic E-state index is -1.17. The SMILES string of the molecule is CCC1(O)COc2cc(C)c(C)cc2O1. The van der Waals surface area contributed by atoms with Crippen LogP contribution in [-0.4, -0.2) is 17.5 Å². The van der Waals surface area contributed by atoms with Crippen molar-refractivity contribution in [1.82, 2.24) is 0 Å². The average molecular weight is 208 g/mol. The second kappa shape index (κ2) is 3.42. The lowest BCUT2D eigenvalue weighted by atomic mass is 10.1. The van der Waals surface area contributed by atoms with E-state index >= 15 is 0 Å². The Morgan fingerprint density at radius 2 is 1.87 bits per heavy atom. The fourth-order valence-corrected chi connectivity index (χ4v) is 1.55. The standard InChI is InChI=1S/C12H16O3/c1-4-12(13)7-14-10-5-8(2)9(3)6-11(10)15-12/h5-6,13H,4,7H2,1-3H3. The maximum atomic E-state index is 9.94. The van der Waals surface area contributed by atoms with Crippen molar-refractivity contribution in [1.29, 1.82) is 0 Å².